The SMILES string of the molecule is CN(C)c1ccncc1NC(=O)c1ccc(N)cc1F. The largest absolute Gasteiger partial charge is 0.399 e. The van der Waals surface area contributed by atoms with Gasteiger partial charge in [-0.3, -0.25) is 9.78 Å². The first-order valence-electron chi connectivity index (χ1n) is 5.96. The third kappa shape index (κ3) is 2.85. The number of benzene rings is 1. The molecule has 0 fully saturated rings. The molecule has 0 bridgehead atoms. The van der Waals surface area contributed by atoms with E-state index in [1.165, 1.54) is 18.3 Å². The molecule has 0 aliphatic carbocycles. The van der Waals surface area contributed by atoms with Gasteiger partial charge >= 0.3 is 0 Å². The number of carbonyl (C=O) groups excluding carboxylic acids is 1. The zero-order chi connectivity index (χ0) is 14.7. The number of anilines is 3. The second kappa shape index (κ2) is 5.56. The smallest absolute Gasteiger partial charge is 0.258 e. The number of nitrogens with one attached hydrogen (secondary N) is 1. The van der Waals surface area contributed by atoms with Gasteiger partial charge in [0.1, 0.15) is 5.82 Å². The third-order valence-corrected chi connectivity index (χ3v) is 2.77. The van der Waals surface area contributed by atoms with E-state index in [2.05, 4.69) is 10.3 Å². The van der Waals surface area contributed by atoms with Gasteiger partial charge in [-0.1, -0.05) is 0 Å². The van der Waals surface area contributed by atoms with Crippen molar-refractivity contribution in [2.45, 2.75) is 0 Å². The first-order valence-corrected chi connectivity index (χ1v) is 5.96. The molecule has 1 aromatic heterocycles. The number of nitrogens with two attached hydrogens (primary N) is 1. The van der Waals surface area contributed by atoms with Gasteiger partial charge in [-0.15, -0.1) is 0 Å². The minimum atomic E-state index is -0.655. The topological polar surface area (TPSA) is 71.2 Å². The number of pyridine rings is 1. The molecule has 0 radical (unpaired) electrons. The molecule has 104 valence electrons. The number of nitrogens with zero attached hydrogens (tertiary/aromatic N) is 2. The summed E-state index contributed by atoms with van der Waals surface area (Å²) in [7, 11) is 3.68. The molecular formula is C14H15FN4O. The number of amides is 1. The first-order chi connectivity index (χ1) is 9.49. The minimum Gasteiger partial charge on any atom is -0.399 e. The van der Waals surface area contributed by atoms with Crippen LogP contribution in [-0.4, -0.2) is 25.0 Å². The molecule has 0 aliphatic heterocycles. The maximum Gasteiger partial charge on any atom is 0.258 e. The third-order valence-electron chi connectivity index (χ3n) is 2.77. The van der Waals surface area contributed by atoms with E-state index in [0.717, 1.165) is 11.8 Å². The Labute approximate surface area is 116 Å². The van der Waals surface area contributed by atoms with Crippen LogP contribution in [0.1, 0.15) is 10.4 Å². The predicted molar refractivity (Wildman–Crippen MR) is 77.3 cm³/mol. The highest BCUT2D eigenvalue weighted by molar-refractivity contribution is 6.06. The van der Waals surface area contributed by atoms with Crippen LogP contribution in [-0.2, 0) is 0 Å². The van der Waals surface area contributed by atoms with Gasteiger partial charge < -0.3 is 16.0 Å². The standard InChI is InChI=1S/C14H15FN4O/c1-19(2)13-5-6-17-8-12(13)18-14(20)10-4-3-9(16)7-11(10)15/h3-8H,16H2,1-2H3,(H,18,20). The Hall–Kier alpha value is -2.63. The van der Waals surface area contributed by atoms with Crippen LogP contribution in [0.2, 0.25) is 0 Å². The van der Waals surface area contributed by atoms with E-state index in [1.807, 2.05) is 19.0 Å². The van der Waals surface area contributed by atoms with E-state index < -0.39 is 11.7 Å². The zero-order valence-electron chi connectivity index (χ0n) is 11.2. The van der Waals surface area contributed by atoms with Crippen molar-refractivity contribution in [3.63, 3.8) is 0 Å². The highest BCUT2D eigenvalue weighted by Crippen LogP contribution is 2.23. The van der Waals surface area contributed by atoms with Crippen LogP contribution >= 0.6 is 0 Å². The van der Waals surface area contributed by atoms with E-state index >= 15 is 0 Å². The molecule has 5 nitrogen and oxygen atoms in total. The number of aromatic nitrogens is 1. The summed E-state index contributed by atoms with van der Waals surface area (Å²) >= 11 is 0. The minimum absolute atomic E-state index is 0.0623. The monoisotopic (exact) mass is 274 g/mol. The molecule has 2 rings (SSSR count). The maximum absolute atomic E-state index is 13.7. The van der Waals surface area contributed by atoms with Crippen molar-refractivity contribution in [3.05, 3.63) is 48.0 Å². The van der Waals surface area contributed by atoms with Crippen LogP contribution in [0.3, 0.4) is 0 Å². The fourth-order valence-corrected chi connectivity index (χ4v) is 1.78. The molecule has 0 unspecified atom stereocenters. The van der Waals surface area contributed by atoms with Crippen molar-refractivity contribution in [1.29, 1.82) is 0 Å². The Morgan fingerprint density at radius 2 is 2.10 bits per heavy atom. The molecule has 20 heavy (non-hydrogen) atoms. The van der Waals surface area contributed by atoms with E-state index in [0.29, 0.717) is 5.69 Å². The molecule has 3 N–H and O–H groups in total. The van der Waals surface area contributed by atoms with Crippen molar-refractivity contribution in [3.8, 4) is 0 Å². The fourth-order valence-electron chi connectivity index (χ4n) is 1.78. The van der Waals surface area contributed by atoms with Gasteiger partial charge in [0.15, 0.2) is 0 Å². The summed E-state index contributed by atoms with van der Waals surface area (Å²) in [5.74, 6) is -1.20. The van der Waals surface area contributed by atoms with Crippen molar-refractivity contribution >= 4 is 23.0 Å². The van der Waals surface area contributed by atoms with Gasteiger partial charge in [-0.25, -0.2) is 4.39 Å². The second-order valence-corrected chi connectivity index (χ2v) is 4.48. The summed E-state index contributed by atoms with van der Waals surface area (Å²) in [4.78, 5) is 17.9. The van der Waals surface area contributed by atoms with Crippen molar-refractivity contribution in [1.82, 2.24) is 4.98 Å². The van der Waals surface area contributed by atoms with Crippen molar-refractivity contribution in [2.75, 3.05) is 30.0 Å². The summed E-state index contributed by atoms with van der Waals surface area (Å²) < 4.78 is 13.7. The maximum atomic E-state index is 13.7. The van der Waals surface area contributed by atoms with Gasteiger partial charge in [-0.2, -0.15) is 0 Å². The summed E-state index contributed by atoms with van der Waals surface area (Å²) in [6, 6.07) is 5.71. The van der Waals surface area contributed by atoms with Crippen LogP contribution in [0.5, 0.6) is 0 Å². The van der Waals surface area contributed by atoms with Gasteiger partial charge in [0.25, 0.3) is 5.91 Å². The first kappa shape index (κ1) is 13.8. The Bertz CT molecular complexity index is 643. The zero-order valence-corrected chi connectivity index (χ0v) is 11.2. The molecule has 0 spiro atoms. The highest BCUT2D eigenvalue weighted by Gasteiger charge is 2.14. The second-order valence-electron chi connectivity index (χ2n) is 4.48. The molecule has 0 aliphatic rings. The molecule has 1 amide bonds. The van der Waals surface area contributed by atoms with Crippen LogP contribution in [0.25, 0.3) is 0 Å². The quantitative estimate of drug-likeness (QED) is 0.841. The average Bonchev–Trinajstić information content (AvgIpc) is 2.38. The van der Waals surface area contributed by atoms with E-state index in [4.69, 9.17) is 5.73 Å². The Morgan fingerprint density at radius 3 is 2.75 bits per heavy atom. The van der Waals surface area contributed by atoms with Crippen molar-refractivity contribution < 1.29 is 9.18 Å². The fraction of sp³-hybridized carbons (Fsp3) is 0.143. The van der Waals surface area contributed by atoms with Crippen LogP contribution in [0.15, 0.2) is 36.7 Å². The summed E-state index contributed by atoms with van der Waals surface area (Å²) in [5, 5.41) is 2.64. The number of rotatable bonds is 3. The lowest BCUT2D eigenvalue weighted by Gasteiger charge is -2.17. The lowest BCUT2D eigenvalue weighted by Crippen LogP contribution is -2.18. The van der Waals surface area contributed by atoms with Gasteiger partial charge in [0.05, 0.1) is 23.1 Å². The number of halogens is 1. The Kier molecular flexibility index (Phi) is 3.84. The number of hydrogen-bond donors (Lipinski definition) is 2. The number of hydrogen-bond acceptors (Lipinski definition) is 4. The Morgan fingerprint density at radius 1 is 1.35 bits per heavy atom. The predicted octanol–water partition coefficient (Wildman–Crippen LogP) is 2.12. The number of carbonyl (C=O) groups is 1. The number of nitrogen functional groups attached to an aromatic ring is 1. The van der Waals surface area contributed by atoms with E-state index in [9.17, 15) is 9.18 Å². The lowest BCUT2D eigenvalue weighted by atomic mass is 10.1. The molecule has 0 atom stereocenters. The van der Waals surface area contributed by atoms with Crippen LogP contribution < -0.4 is 16.0 Å². The van der Waals surface area contributed by atoms with Gasteiger partial charge in [0.2, 0.25) is 0 Å². The highest BCUT2D eigenvalue weighted by atomic mass is 19.1. The average molecular weight is 274 g/mol. The van der Waals surface area contributed by atoms with Crippen LogP contribution in [0, 0.1) is 5.82 Å². The molecule has 1 heterocycles. The lowest BCUT2D eigenvalue weighted by molar-refractivity contribution is 0.102. The van der Waals surface area contributed by atoms with Crippen LogP contribution in [0.4, 0.5) is 21.5 Å². The molecular weight excluding hydrogens is 259 g/mol. The molecule has 6 heteroatoms. The van der Waals surface area contributed by atoms with E-state index in [1.54, 1.807) is 12.3 Å². The molecule has 2 aromatic rings. The molecule has 0 saturated carbocycles. The van der Waals surface area contributed by atoms with Gasteiger partial charge in [0, 0.05) is 26.0 Å². The molecule has 0 saturated heterocycles. The van der Waals surface area contributed by atoms with E-state index in [-0.39, 0.29) is 11.3 Å². The summed E-state index contributed by atoms with van der Waals surface area (Å²) in [6.07, 6.45) is 3.14. The Balaban J connectivity index is 2.28. The van der Waals surface area contributed by atoms with Crippen molar-refractivity contribution in [2.24, 2.45) is 0 Å². The normalized spacial score (nSPS) is 10.2. The summed E-state index contributed by atoms with van der Waals surface area (Å²) in [6.45, 7) is 0. The molecule has 1 aromatic carbocycles. The van der Waals surface area contributed by atoms with Gasteiger partial charge in [-0.05, 0) is 24.3 Å². The summed E-state index contributed by atoms with van der Waals surface area (Å²) in [5.41, 5.74) is 6.96.